The quantitative estimate of drug-likeness (QED) is 0.0819. The molecule has 0 spiro atoms. The van der Waals surface area contributed by atoms with E-state index in [1.165, 1.54) is 0 Å². The molecular formula is C30H52O26. The van der Waals surface area contributed by atoms with Gasteiger partial charge < -0.3 is 129 Å². The van der Waals surface area contributed by atoms with Crippen LogP contribution in [-0.4, -0.2) is 273 Å². The second-order valence-electron chi connectivity index (χ2n) is 13.9. The summed E-state index contributed by atoms with van der Waals surface area (Å²) >= 11 is 0. The minimum Gasteiger partial charge on any atom is -0.394 e. The molecule has 26 heteroatoms. The van der Waals surface area contributed by atoms with E-state index in [1.54, 1.807) is 0 Å². The van der Waals surface area contributed by atoms with Gasteiger partial charge in [0.25, 0.3) is 0 Å². The van der Waals surface area contributed by atoms with Crippen LogP contribution in [0.3, 0.4) is 0 Å². The molecule has 0 unspecified atom stereocenters. The molecule has 0 aromatic heterocycles. The van der Waals surface area contributed by atoms with Gasteiger partial charge in [0.05, 0.1) is 33.0 Å². The van der Waals surface area contributed by atoms with E-state index in [0.29, 0.717) is 0 Å². The van der Waals surface area contributed by atoms with E-state index in [4.69, 9.17) is 42.6 Å². The molecule has 26 nitrogen and oxygen atoms in total. The van der Waals surface area contributed by atoms with Crippen LogP contribution in [0.2, 0.25) is 0 Å². The molecule has 0 aliphatic carbocycles. The molecule has 56 heavy (non-hydrogen) atoms. The van der Waals surface area contributed by atoms with Crippen molar-refractivity contribution in [2.75, 3.05) is 33.0 Å². The Morgan fingerprint density at radius 3 is 0.821 bits per heavy atom. The molecule has 5 rings (SSSR count). The molecule has 5 heterocycles. The summed E-state index contributed by atoms with van der Waals surface area (Å²) in [6, 6.07) is 0. The van der Waals surface area contributed by atoms with Crippen molar-refractivity contribution >= 4 is 0 Å². The molecule has 5 aliphatic heterocycles. The van der Waals surface area contributed by atoms with Crippen LogP contribution in [0.15, 0.2) is 0 Å². The monoisotopic (exact) mass is 828 g/mol. The van der Waals surface area contributed by atoms with Crippen molar-refractivity contribution in [2.45, 2.75) is 154 Å². The van der Waals surface area contributed by atoms with Gasteiger partial charge in [-0.05, 0) is 0 Å². The van der Waals surface area contributed by atoms with Gasteiger partial charge in [0, 0.05) is 0 Å². The summed E-state index contributed by atoms with van der Waals surface area (Å²) in [7, 11) is 0. The maximum atomic E-state index is 11.1. The summed E-state index contributed by atoms with van der Waals surface area (Å²) in [5, 5.41) is 176. The molecule has 0 aromatic carbocycles. The molecule has 5 aliphatic rings. The zero-order valence-corrected chi connectivity index (χ0v) is 29.2. The predicted molar refractivity (Wildman–Crippen MR) is 167 cm³/mol. The standard InChI is InChI=1S/C30H52O26/c31-1-6-11(36)12(37)18(43)27(49-6)54-23-8(3-33)51-29(20(45)14(23)39)56-25-10(5-35)52-30(21(46)16(25)41)55-24-9(4-34)50-28(19(44)15(24)40)53-22-7(2-32)48-26(47)17(42)13(22)38/h6-47H,1-5H2/t6-,7-,8-,9-,10-,11-,12+,13-,14+,15-,16-,17-,18-,19-,20-,21-,22-,23-,24-,25-,26-,27-,28+,29+,30+/m1/s1. The second kappa shape index (κ2) is 19.6. The second-order valence-corrected chi connectivity index (χ2v) is 13.9. The Bertz CT molecular complexity index is 1200. The van der Waals surface area contributed by atoms with E-state index >= 15 is 0 Å². The van der Waals surface area contributed by atoms with Crippen LogP contribution in [0.25, 0.3) is 0 Å². The molecule has 5 saturated heterocycles. The molecule has 0 amide bonds. The maximum absolute atomic E-state index is 11.1. The Morgan fingerprint density at radius 1 is 0.268 bits per heavy atom. The van der Waals surface area contributed by atoms with Crippen LogP contribution in [0.5, 0.6) is 0 Å². The lowest BCUT2D eigenvalue weighted by molar-refractivity contribution is -0.392. The third-order valence-electron chi connectivity index (χ3n) is 10.3. The van der Waals surface area contributed by atoms with Crippen LogP contribution in [0.4, 0.5) is 0 Å². The topological polar surface area (TPSA) is 427 Å². The van der Waals surface area contributed by atoms with Gasteiger partial charge in [-0.15, -0.1) is 0 Å². The summed E-state index contributed by atoms with van der Waals surface area (Å²) in [5.41, 5.74) is 0. The number of aliphatic hydroxyl groups excluding tert-OH is 17. The summed E-state index contributed by atoms with van der Waals surface area (Å²) in [6.07, 6.45) is -45.8. The van der Waals surface area contributed by atoms with Gasteiger partial charge >= 0.3 is 0 Å². The molecule has 0 bridgehead atoms. The van der Waals surface area contributed by atoms with Gasteiger partial charge in [0.15, 0.2) is 31.5 Å². The van der Waals surface area contributed by atoms with Gasteiger partial charge in [-0.1, -0.05) is 0 Å². The number of hydrogen-bond donors (Lipinski definition) is 17. The fourth-order valence-corrected chi connectivity index (χ4v) is 7.03. The molecule has 0 radical (unpaired) electrons. The first-order chi connectivity index (χ1) is 26.5. The summed E-state index contributed by atoms with van der Waals surface area (Å²) < 4.78 is 49.1. The van der Waals surface area contributed by atoms with Gasteiger partial charge in [0.1, 0.15) is 122 Å². The highest BCUT2D eigenvalue weighted by Gasteiger charge is 2.56. The molecule has 0 saturated carbocycles. The Kier molecular flexibility index (Phi) is 16.1. The van der Waals surface area contributed by atoms with E-state index in [0.717, 1.165) is 0 Å². The number of hydrogen-bond acceptors (Lipinski definition) is 26. The molecular weight excluding hydrogens is 776 g/mol. The van der Waals surface area contributed by atoms with Crippen molar-refractivity contribution in [3.8, 4) is 0 Å². The summed E-state index contributed by atoms with van der Waals surface area (Å²) in [5.74, 6) is 0. The normalized spacial score (nSPS) is 53.2. The lowest BCUT2D eigenvalue weighted by Gasteiger charge is -2.49. The molecule has 25 atom stereocenters. The lowest BCUT2D eigenvalue weighted by Crippen LogP contribution is -2.68. The molecule has 17 N–H and O–H groups in total. The third kappa shape index (κ3) is 9.16. The van der Waals surface area contributed by atoms with E-state index < -0.39 is 187 Å². The number of rotatable bonds is 13. The predicted octanol–water partition coefficient (Wildman–Crippen LogP) is -11.9. The van der Waals surface area contributed by atoms with E-state index in [-0.39, 0.29) is 0 Å². The Hall–Kier alpha value is -1.04. The number of ether oxygens (including phenoxy) is 9. The van der Waals surface area contributed by atoms with Gasteiger partial charge in [0.2, 0.25) is 0 Å². The Balaban J connectivity index is 1.22. The van der Waals surface area contributed by atoms with Crippen molar-refractivity contribution in [2.24, 2.45) is 0 Å². The average Bonchev–Trinajstić information content (AvgIpc) is 3.19. The van der Waals surface area contributed by atoms with E-state index in [2.05, 4.69) is 0 Å². The smallest absolute Gasteiger partial charge is 0.187 e. The minimum absolute atomic E-state index is 0.811. The van der Waals surface area contributed by atoms with Crippen molar-refractivity contribution in [3.63, 3.8) is 0 Å². The zero-order chi connectivity index (χ0) is 41.3. The van der Waals surface area contributed by atoms with Gasteiger partial charge in [-0.25, -0.2) is 0 Å². The van der Waals surface area contributed by atoms with E-state index in [9.17, 15) is 86.8 Å². The molecule has 328 valence electrons. The van der Waals surface area contributed by atoms with E-state index in [1.807, 2.05) is 0 Å². The highest BCUT2D eigenvalue weighted by Crippen LogP contribution is 2.35. The molecule has 0 aromatic rings. The first-order valence-corrected chi connectivity index (χ1v) is 17.6. The Labute approximate surface area is 316 Å². The maximum Gasteiger partial charge on any atom is 0.187 e. The number of aliphatic hydroxyl groups is 17. The zero-order valence-electron chi connectivity index (χ0n) is 29.2. The van der Waals surface area contributed by atoms with Crippen LogP contribution in [0, 0.1) is 0 Å². The van der Waals surface area contributed by atoms with Gasteiger partial charge in [-0.3, -0.25) is 0 Å². The molecule has 5 fully saturated rings. The third-order valence-corrected chi connectivity index (χ3v) is 10.3. The van der Waals surface area contributed by atoms with Crippen LogP contribution >= 0.6 is 0 Å². The SMILES string of the molecule is OC[C@H]1O[C@H](O[C@H]2[C@@H](O)[C@@H](O)[C@H](O[C@H]3[C@H](O)[C@@H](O)[C@H](O[C@H]4[C@H](O)[C@@H](O)[C@H](O[C@H]5[C@H](O)[C@@H](O)[C@H](O)O[C@@H]5CO)O[C@@H]4CO)O[C@@H]3CO)O[C@@H]2CO)[C@H](O)[C@@H](O)[C@@H]1O. The average molecular weight is 829 g/mol. The van der Waals surface area contributed by atoms with Crippen molar-refractivity contribution in [1.29, 1.82) is 0 Å². The van der Waals surface area contributed by atoms with Crippen LogP contribution in [-0.2, 0) is 42.6 Å². The largest absolute Gasteiger partial charge is 0.394 e. The van der Waals surface area contributed by atoms with Crippen LogP contribution in [0.1, 0.15) is 0 Å². The summed E-state index contributed by atoms with van der Waals surface area (Å²) in [6.45, 7) is -4.51. The summed E-state index contributed by atoms with van der Waals surface area (Å²) in [4.78, 5) is 0. The first kappa shape index (κ1) is 46.0. The fourth-order valence-electron chi connectivity index (χ4n) is 7.03. The Morgan fingerprint density at radius 2 is 0.518 bits per heavy atom. The minimum atomic E-state index is -2.12. The lowest BCUT2D eigenvalue weighted by atomic mass is 9.95. The van der Waals surface area contributed by atoms with Crippen molar-refractivity contribution in [1.82, 2.24) is 0 Å². The van der Waals surface area contributed by atoms with Crippen LogP contribution < -0.4 is 0 Å². The van der Waals surface area contributed by atoms with Crippen molar-refractivity contribution < 1.29 is 129 Å². The highest BCUT2D eigenvalue weighted by molar-refractivity contribution is 4.99. The van der Waals surface area contributed by atoms with Crippen molar-refractivity contribution in [3.05, 3.63) is 0 Å². The van der Waals surface area contributed by atoms with Gasteiger partial charge in [-0.2, -0.15) is 0 Å². The first-order valence-electron chi connectivity index (χ1n) is 17.6. The highest BCUT2D eigenvalue weighted by atomic mass is 16.8. The fraction of sp³-hybridized carbons (Fsp3) is 1.00.